The summed E-state index contributed by atoms with van der Waals surface area (Å²) in [6.07, 6.45) is 0.858. The molecule has 0 unspecified atom stereocenters. The third kappa shape index (κ3) is 2.74. The van der Waals surface area contributed by atoms with Crippen LogP contribution in [0.1, 0.15) is 11.1 Å². The van der Waals surface area contributed by atoms with Crippen molar-refractivity contribution in [1.82, 2.24) is 4.90 Å². The third-order valence-corrected chi connectivity index (χ3v) is 3.67. The Morgan fingerprint density at radius 3 is 2.82 bits per heavy atom. The highest BCUT2D eigenvalue weighted by Crippen LogP contribution is 2.26. The number of nitrogens with zero attached hydrogens (tertiary/aromatic N) is 1. The normalized spacial score (nSPS) is 10.2. The van der Waals surface area contributed by atoms with Crippen molar-refractivity contribution >= 4 is 17.7 Å². The minimum atomic E-state index is 0.661. The van der Waals surface area contributed by atoms with Crippen molar-refractivity contribution in [3.8, 4) is 10.4 Å². The molecule has 1 aromatic carbocycles. The van der Waals surface area contributed by atoms with E-state index in [4.69, 9.17) is 0 Å². The van der Waals surface area contributed by atoms with E-state index in [9.17, 15) is 4.79 Å². The molecule has 2 nitrogen and oxygen atoms in total. The molecule has 0 spiro atoms. The summed E-state index contributed by atoms with van der Waals surface area (Å²) in [7, 11) is 1.80. The van der Waals surface area contributed by atoms with E-state index in [-0.39, 0.29) is 0 Å². The van der Waals surface area contributed by atoms with Gasteiger partial charge in [0.25, 0.3) is 0 Å². The molecule has 1 heterocycles. The summed E-state index contributed by atoms with van der Waals surface area (Å²) in [5.41, 5.74) is 3.64. The molecular formula is C14H15NOS. The molecule has 17 heavy (non-hydrogen) atoms. The standard InChI is InChI=1S/C14H15NOS/c1-11-5-6-12(14-4-3-7-17-14)8-13(11)9-15(2)10-16/h3-8,10H,9H2,1-2H3. The highest BCUT2D eigenvalue weighted by atomic mass is 32.1. The monoisotopic (exact) mass is 245 g/mol. The van der Waals surface area contributed by atoms with Gasteiger partial charge >= 0.3 is 0 Å². The van der Waals surface area contributed by atoms with Crippen LogP contribution < -0.4 is 0 Å². The van der Waals surface area contributed by atoms with Crippen molar-refractivity contribution in [1.29, 1.82) is 0 Å². The molecule has 1 amide bonds. The first-order valence-corrected chi connectivity index (χ1v) is 6.37. The number of thiophene rings is 1. The van der Waals surface area contributed by atoms with Crippen LogP contribution in [0, 0.1) is 6.92 Å². The van der Waals surface area contributed by atoms with Crippen LogP contribution in [0.5, 0.6) is 0 Å². The van der Waals surface area contributed by atoms with E-state index in [2.05, 4.69) is 42.6 Å². The van der Waals surface area contributed by atoms with E-state index in [1.54, 1.807) is 23.3 Å². The second kappa shape index (κ2) is 5.15. The topological polar surface area (TPSA) is 20.3 Å². The lowest BCUT2D eigenvalue weighted by atomic mass is 10.0. The van der Waals surface area contributed by atoms with Crippen molar-refractivity contribution in [2.24, 2.45) is 0 Å². The Balaban J connectivity index is 2.32. The van der Waals surface area contributed by atoms with Gasteiger partial charge in [0.15, 0.2) is 0 Å². The first-order valence-electron chi connectivity index (χ1n) is 5.49. The predicted octanol–water partition coefficient (Wildman–Crippen LogP) is 3.31. The van der Waals surface area contributed by atoms with Gasteiger partial charge in [0, 0.05) is 18.5 Å². The van der Waals surface area contributed by atoms with Crippen LogP contribution in [0.15, 0.2) is 35.7 Å². The van der Waals surface area contributed by atoms with Crippen LogP contribution in [0.2, 0.25) is 0 Å². The number of amides is 1. The van der Waals surface area contributed by atoms with Gasteiger partial charge in [0.1, 0.15) is 0 Å². The van der Waals surface area contributed by atoms with Crippen LogP contribution in [0.25, 0.3) is 10.4 Å². The van der Waals surface area contributed by atoms with Crippen LogP contribution in [0.4, 0.5) is 0 Å². The lowest BCUT2D eigenvalue weighted by Gasteiger charge is -2.13. The summed E-state index contributed by atoms with van der Waals surface area (Å²) < 4.78 is 0. The number of aryl methyl sites for hydroxylation is 1. The van der Waals surface area contributed by atoms with E-state index in [1.165, 1.54) is 21.6 Å². The summed E-state index contributed by atoms with van der Waals surface area (Å²) in [5, 5.41) is 2.08. The molecule has 2 aromatic rings. The zero-order valence-corrected chi connectivity index (χ0v) is 10.8. The highest BCUT2D eigenvalue weighted by molar-refractivity contribution is 7.13. The quantitative estimate of drug-likeness (QED) is 0.757. The zero-order chi connectivity index (χ0) is 12.3. The van der Waals surface area contributed by atoms with Crippen LogP contribution >= 0.6 is 11.3 Å². The number of rotatable bonds is 4. The first-order chi connectivity index (χ1) is 8.20. The maximum atomic E-state index is 10.7. The van der Waals surface area contributed by atoms with Gasteiger partial charge in [-0.1, -0.05) is 18.2 Å². The molecule has 3 heteroatoms. The number of carbonyl (C=O) groups is 1. The molecule has 0 radical (unpaired) electrons. The molecule has 0 N–H and O–H groups in total. The molecule has 2 rings (SSSR count). The average Bonchev–Trinajstić information content (AvgIpc) is 2.85. The molecule has 0 fully saturated rings. The Morgan fingerprint density at radius 2 is 2.18 bits per heavy atom. The largest absolute Gasteiger partial charge is 0.344 e. The summed E-state index contributed by atoms with van der Waals surface area (Å²) in [4.78, 5) is 13.6. The Hall–Kier alpha value is -1.61. The van der Waals surface area contributed by atoms with Gasteiger partial charge in [0.05, 0.1) is 0 Å². The molecule has 0 aliphatic carbocycles. The number of hydrogen-bond donors (Lipinski definition) is 0. The number of benzene rings is 1. The zero-order valence-electron chi connectivity index (χ0n) is 10.0. The Bertz CT molecular complexity index is 505. The summed E-state index contributed by atoms with van der Waals surface area (Å²) in [6.45, 7) is 2.74. The van der Waals surface area contributed by atoms with Crippen molar-refractivity contribution in [3.05, 3.63) is 46.8 Å². The fraction of sp³-hybridized carbons (Fsp3) is 0.214. The average molecular weight is 245 g/mol. The van der Waals surface area contributed by atoms with Gasteiger partial charge in [-0.2, -0.15) is 0 Å². The molecule has 0 bridgehead atoms. The van der Waals surface area contributed by atoms with Gasteiger partial charge in [-0.15, -0.1) is 11.3 Å². The molecule has 0 aliphatic heterocycles. The van der Waals surface area contributed by atoms with Crippen molar-refractivity contribution in [2.45, 2.75) is 13.5 Å². The lowest BCUT2D eigenvalue weighted by molar-refractivity contribution is -0.117. The van der Waals surface area contributed by atoms with Gasteiger partial charge in [-0.05, 0) is 41.1 Å². The van der Waals surface area contributed by atoms with Crippen molar-refractivity contribution in [2.75, 3.05) is 7.05 Å². The SMILES string of the molecule is Cc1ccc(-c2cccs2)cc1CN(C)C=O. The minimum absolute atomic E-state index is 0.661. The van der Waals surface area contributed by atoms with E-state index in [0.717, 1.165) is 6.41 Å². The molecule has 88 valence electrons. The molecule has 0 saturated carbocycles. The highest BCUT2D eigenvalue weighted by Gasteiger charge is 2.05. The smallest absolute Gasteiger partial charge is 0.209 e. The summed E-state index contributed by atoms with van der Waals surface area (Å²) >= 11 is 1.73. The maximum Gasteiger partial charge on any atom is 0.209 e. The Morgan fingerprint density at radius 1 is 1.35 bits per heavy atom. The molecule has 1 aromatic heterocycles. The molecule has 0 atom stereocenters. The van der Waals surface area contributed by atoms with E-state index in [1.807, 2.05) is 0 Å². The summed E-state index contributed by atoms with van der Waals surface area (Å²) in [6, 6.07) is 10.6. The fourth-order valence-corrected chi connectivity index (χ4v) is 2.47. The van der Waals surface area contributed by atoms with Crippen LogP contribution in [-0.2, 0) is 11.3 Å². The van der Waals surface area contributed by atoms with Gasteiger partial charge < -0.3 is 4.90 Å². The van der Waals surface area contributed by atoms with Crippen LogP contribution in [-0.4, -0.2) is 18.4 Å². The maximum absolute atomic E-state index is 10.7. The number of carbonyl (C=O) groups excluding carboxylic acids is 1. The van der Waals surface area contributed by atoms with Crippen molar-refractivity contribution < 1.29 is 4.79 Å². The van der Waals surface area contributed by atoms with E-state index in [0.29, 0.717) is 6.54 Å². The van der Waals surface area contributed by atoms with Gasteiger partial charge in [0.2, 0.25) is 6.41 Å². The first kappa shape index (κ1) is 11.9. The Kier molecular flexibility index (Phi) is 3.59. The second-order valence-electron chi connectivity index (χ2n) is 4.14. The fourth-order valence-electron chi connectivity index (χ4n) is 1.74. The van der Waals surface area contributed by atoms with E-state index < -0.39 is 0 Å². The summed E-state index contributed by atoms with van der Waals surface area (Å²) in [5.74, 6) is 0. The van der Waals surface area contributed by atoms with Gasteiger partial charge in [-0.3, -0.25) is 4.79 Å². The molecular weight excluding hydrogens is 230 g/mol. The molecule has 0 aliphatic rings. The second-order valence-corrected chi connectivity index (χ2v) is 5.09. The number of hydrogen-bond acceptors (Lipinski definition) is 2. The van der Waals surface area contributed by atoms with Crippen molar-refractivity contribution in [3.63, 3.8) is 0 Å². The predicted molar refractivity (Wildman–Crippen MR) is 72.0 cm³/mol. The third-order valence-electron chi connectivity index (χ3n) is 2.75. The minimum Gasteiger partial charge on any atom is -0.344 e. The molecule has 0 saturated heterocycles. The van der Waals surface area contributed by atoms with Crippen LogP contribution in [0.3, 0.4) is 0 Å². The van der Waals surface area contributed by atoms with Gasteiger partial charge in [-0.25, -0.2) is 0 Å². The lowest BCUT2D eigenvalue weighted by Crippen LogP contribution is -2.15. The Labute approximate surface area is 106 Å². The van der Waals surface area contributed by atoms with E-state index >= 15 is 0 Å².